The molecule has 1 amide bonds. The number of amides is 1. The fourth-order valence-electron chi connectivity index (χ4n) is 1.93. The Balaban J connectivity index is 1.98. The summed E-state index contributed by atoms with van der Waals surface area (Å²) in [6.07, 6.45) is 2.78. The zero-order valence-electron chi connectivity index (χ0n) is 9.11. The van der Waals surface area contributed by atoms with E-state index in [1.807, 2.05) is 12.1 Å². The van der Waals surface area contributed by atoms with Gasteiger partial charge in [-0.05, 0) is 34.5 Å². The lowest BCUT2D eigenvalue weighted by molar-refractivity contribution is -0.119. The lowest BCUT2D eigenvalue weighted by Crippen LogP contribution is -2.35. The van der Waals surface area contributed by atoms with Crippen LogP contribution in [0.1, 0.15) is 13.3 Å². The molecule has 2 heterocycles. The second-order valence-electron chi connectivity index (χ2n) is 3.97. The minimum absolute atomic E-state index is 0.0376. The summed E-state index contributed by atoms with van der Waals surface area (Å²) in [4.78, 5) is 17.5. The molecule has 0 spiro atoms. The Morgan fingerprint density at radius 3 is 3.06 bits per heavy atom. The zero-order valence-corrected chi connectivity index (χ0v) is 10.7. The SMILES string of the molecule is CC(=O)NC1CCN(c2ccc(Br)cn2)C1. The summed E-state index contributed by atoms with van der Waals surface area (Å²) in [6, 6.07) is 4.22. The van der Waals surface area contributed by atoms with Gasteiger partial charge in [-0.1, -0.05) is 0 Å². The van der Waals surface area contributed by atoms with Crippen LogP contribution in [0.5, 0.6) is 0 Å². The summed E-state index contributed by atoms with van der Waals surface area (Å²) in [6.45, 7) is 3.34. The van der Waals surface area contributed by atoms with Crippen LogP contribution in [0.15, 0.2) is 22.8 Å². The molecule has 1 aliphatic heterocycles. The van der Waals surface area contributed by atoms with Gasteiger partial charge in [-0.2, -0.15) is 0 Å². The average Bonchev–Trinajstić information content (AvgIpc) is 2.66. The molecule has 1 fully saturated rings. The highest BCUT2D eigenvalue weighted by Crippen LogP contribution is 2.19. The summed E-state index contributed by atoms with van der Waals surface area (Å²) >= 11 is 3.36. The number of hydrogen-bond acceptors (Lipinski definition) is 3. The third-order valence-electron chi connectivity index (χ3n) is 2.63. The van der Waals surface area contributed by atoms with Crippen molar-refractivity contribution in [3.8, 4) is 0 Å². The molecule has 1 N–H and O–H groups in total. The van der Waals surface area contributed by atoms with Gasteiger partial charge < -0.3 is 10.2 Å². The second-order valence-corrected chi connectivity index (χ2v) is 4.88. The smallest absolute Gasteiger partial charge is 0.217 e. The van der Waals surface area contributed by atoms with Gasteiger partial charge in [0.15, 0.2) is 0 Å². The predicted octanol–water partition coefficient (Wildman–Crippen LogP) is 1.56. The second kappa shape index (κ2) is 4.82. The molecule has 0 saturated carbocycles. The van der Waals surface area contributed by atoms with Crippen LogP contribution in [0.2, 0.25) is 0 Å². The monoisotopic (exact) mass is 283 g/mol. The number of anilines is 1. The first kappa shape index (κ1) is 11.4. The van der Waals surface area contributed by atoms with Gasteiger partial charge in [0.2, 0.25) is 5.91 Å². The number of carbonyl (C=O) groups is 1. The lowest BCUT2D eigenvalue weighted by atomic mass is 10.3. The molecular formula is C11H14BrN3O. The molecule has 0 aliphatic carbocycles. The first-order chi connectivity index (χ1) is 7.65. The fourth-order valence-corrected chi connectivity index (χ4v) is 2.16. The van der Waals surface area contributed by atoms with Gasteiger partial charge >= 0.3 is 0 Å². The van der Waals surface area contributed by atoms with E-state index in [9.17, 15) is 4.79 Å². The number of pyridine rings is 1. The molecule has 1 aromatic heterocycles. The van der Waals surface area contributed by atoms with Crippen LogP contribution in [-0.2, 0) is 4.79 Å². The molecule has 1 aromatic rings. The minimum atomic E-state index is 0.0376. The van der Waals surface area contributed by atoms with Gasteiger partial charge in [0, 0.05) is 36.7 Å². The molecule has 0 radical (unpaired) electrons. The summed E-state index contributed by atoms with van der Waals surface area (Å²) < 4.78 is 0.980. The van der Waals surface area contributed by atoms with Crippen LogP contribution in [0.25, 0.3) is 0 Å². The highest BCUT2D eigenvalue weighted by molar-refractivity contribution is 9.10. The van der Waals surface area contributed by atoms with Crippen LogP contribution in [0, 0.1) is 0 Å². The highest BCUT2D eigenvalue weighted by Gasteiger charge is 2.23. The van der Waals surface area contributed by atoms with Crippen molar-refractivity contribution in [1.82, 2.24) is 10.3 Å². The van der Waals surface area contributed by atoms with Gasteiger partial charge in [0.1, 0.15) is 5.82 Å². The number of rotatable bonds is 2. The number of carbonyl (C=O) groups excluding carboxylic acids is 1. The number of aromatic nitrogens is 1. The van der Waals surface area contributed by atoms with E-state index >= 15 is 0 Å². The molecule has 86 valence electrons. The Labute approximate surface area is 103 Å². The molecular weight excluding hydrogens is 270 g/mol. The maximum Gasteiger partial charge on any atom is 0.217 e. The lowest BCUT2D eigenvalue weighted by Gasteiger charge is -2.17. The van der Waals surface area contributed by atoms with E-state index in [1.165, 1.54) is 0 Å². The number of halogens is 1. The first-order valence-electron chi connectivity index (χ1n) is 5.29. The van der Waals surface area contributed by atoms with Gasteiger partial charge in [0.25, 0.3) is 0 Å². The Bertz CT molecular complexity index is 379. The van der Waals surface area contributed by atoms with E-state index in [0.717, 1.165) is 29.8 Å². The van der Waals surface area contributed by atoms with E-state index in [4.69, 9.17) is 0 Å². The molecule has 5 heteroatoms. The van der Waals surface area contributed by atoms with E-state index < -0.39 is 0 Å². The molecule has 2 rings (SSSR count). The molecule has 0 bridgehead atoms. The van der Waals surface area contributed by atoms with Gasteiger partial charge in [-0.15, -0.1) is 0 Å². The molecule has 1 unspecified atom stereocenters. The number of nitrogens with zero attached hydrogens (tertiary/aromatic N) is 2. The van der Waals surface area contributed by atoms with Crippen molar-refractivity contribution in [3.05, 3.63) is 22.8 Å². The van der Waals surface area contributed by atoms with Crippen molar-refractivity contribution in [2.45, 2.75) is 19.4 Å². The first-order valence-corrected chi connectivity index (χ1v) is 6.08. The Morgan fingerprint density at radius 2 is 2.44 bits per heavy atom. The minimum Gasteiger partial charge on any atom is -0.354 e. The van der Waals surface area contributed by atoms with E-state index in [1.54, 1.807) is 13.1 Å². The molecule has 0 aromatic carbocycles. The van der Waals surface area contributed by atoms with E-state index in [0.29, 0.717) is 0 Å². The predicted molar refractivity (Wildman–Crippen MR) is 66.4 cm³/mol. The normalized spacial score (nSPS) is 19.9. The van der Waals surface area contributed by atoms with Crippen LogP contribution < -0.4 is 10.2 Å². The molecule has 1 saturated heterocycles. The van der Waals surface area contributed by atoms with Crippen molar-refractivity contribution < 1.29 is 4.79 Å². The van der Waals surface area contributed by atoms with Gasteiger partial charge in [0.05, 0.1) is 0 Å². The molecule has 1 atom stereocenters. The van der Waals surface area contributed by atoms with Crippen LogP contribution >= 0.6 is 15.9 Å². The van der Waals surface area contributed by atoms with Crippen molar-refractivity contribution in [1.29, 1.82) is 0 Å². The standard InChI is InChI=1S/C11H14BrN3O/c1-8(16)14-10-4-5-15(7-10)11-3-2-9(12)6-13-11/h2-3,6,10H,4-5,7H2,1H3,(H,14,16). The molecule has 4 nitrogen and oxygen atoms in total. The largest absolute Gasteiger partial charge is 0.354 e. The van der Waals surface area contributed by atoms with Gasteiger partial charge in [-0.3, -0.25) is 4.79 Å². The van der Waals surface area contributed by atoms with Crippen molar-refractivity contribution in [2.24, 2.45) is 0 Å². The Hall–Kier alpha value is -1.10. The summed E-state index contributed by atoms with van der Waals surface area (Å²) in [5.74, 6) is 1.01. The number of hydrogen-bond donors (Lipinski definition) is 1. The van der Waals surface area contributed by atoms with E-state index in [-0.39, 0.29) is 11.9 Å². The summed E-state index contributed by atoms with van der Waals surface area (Å²) in [7, 11) is 0. The van der Waals surface area contributed by atoms with Crippen molar-refractivity contribution in [2.75, 3.05) is 18.0 Å². The number of nitrogens with one attached hydrogen (secondary N) is 1. The Kier molecular flexibility index (Phi) is 3.43. The topological polar surface area (TPSA) is 45.2 Å². The summed E-state index contributed by atoms with van der Waals surface area (Å²) in [5, 5.41) is 2.94. The van der Waals surface area contributed by atoms with Crippen molar-refractivity contribution >= 4 is 27.7 Å². The Morgan fingerprint density at radius 1 is 1.62 bits per heavy atom. The van der Waals surface area contributed by atoms with Crippen LogP contribution in [0.4, 0.5) is 5.82 Å². The van der Waals surface area contributed by atoms with Gasteiger partial charge in [-0.25, -0.2) is 4.98 Å². The summed E-state index contributed by atoms with van der Waals surface area (Å²) in [5.41, 5.74) is 0. The van der Waals surface area contributed by atoms with Crippen LogP contribution in [0.3, 0.4) is 0 Å². The highest BCUT2D eigenvalue weighted by atomic mass is 79.9. The van der Waals surface area contributed by atoms with Crippen LogP contribution in [-0.4, -0.2) is 30.0 Å². The maximum absolute atomic E-state index is 10.9. The third kappa shape index (κ3) is 2.72. The maximum atomic E-state index is 10.9. The average molecular weight is 284 g/mol. The zero-order chi connectivity index (χ0) is 11.5. The fraction of sp³-hybridized carbons (Fsp3) is 0.455. The molecule has 1 aliphatic rings. The third-order valence-corrected chi connectivity index (χ3v) is 3.10. The molecule has 16 heavy (non-hydrogen) atoms. The quantitative estimate of drug-likeness (QED) is 0.896. The van der Waals surface area contributed by atoms with Crippen molar-refractivity contribution in [3.63, 3.8) is 0 Å². The van der Waals surface area contributed by atoms with E-state index in [2.05, 4.69) is 31.1 Å².